The molecule has 2 N–H and O–H groups in total. The number of nitrogens with zero attached hydrogens (tertiary/aromatic N) is 2. The smallest absolute Gasteiger partial charge is 0.255 e. The molecule has 0 aromatic heterocycles. The maximum Gasteiger partial charge on any atom is 0.255 e. The zero-order valence-electron chi connectivity index (χ0n) is 15.3. The number of halogens is 3. The first-order valence-electron chi connectivity index (χ1n) is 8.29. The van der Waals surface area contributed by atoms with Crippen molar-refractivity contribution in [1.82, 2.24) is 10.6 Å². The quantitative estimate of drug-likeness (QED) is 0.370. The van der Waals surface area contributed by atoms with Gasteiger partial charge in [-0.1, -0.05) is 0 Å². The van der Waals surface area contributed by atoms with Crippen molar-refractivity contribution in [3.8, 4) is 11.5 Å². The summed E-state index contributed by atoms with van der Waals surface area (Å²) >= 11 is 0. The highest BCUT2D eigenvalue weighted by Gasteiger charge is 2.21. The van der Waals surface area contributed by atoms with E-state index in [0.717, 1.165) is 43.1 Å². The number of hydrogen-bond acceptors (Lipinski definition) is 4. The Labute approximate surface area is 170 Å². The summed E-state index contributed by atoms with van der Waals surface area (Å²) < 4.78 is 35.2. The van der Waals surface area contributed by atoms with Gasteiger partial charge in [0.05, 0.1) is 20.8 Å². The molecule has 6 nitrogen and oxygen atoms in total. The second-order valence-electron chi connectivity index (χ2n) is 5.82. The minimum Gasteiger partial charge on any atom is -0.497 e. The lowest BCUT2D eigenvalue weighted by Crippen LogP contribution is -2.49. The van der Waals surface area contributed by atoms with Crippen LogP contribution in [0.4, 0.5) is 14.5 Å². The van der Waals surface area contributed by atoms with E-state index in [9.17, 15) is 8.78 Å². The van der Waals surface area contributed by atoms with Crippen LogP contribution in [0, 0.1) is 0 Å². The Morgan fingerprint density at radius 2 is 1.77 bits per heavy atom. The van der Waals surface area contributed by atoms with Gasteiger partial charge in [0.25, 0.3) is 6.43 Å². The molecule has 0 atom stereocenters. The minimum atomic E-state index is -2.40. The summed E-state index contributed by atoms with van der Waals surface area (Å²) in [6.45, 7) is 1.29. The highest BCUT2D eigenvalue weighted by atomic mass is 127. The van der Waals surface area contributed by atoms with Crippen LogP contribution in [0.3, 0.4) is 0 Å². The zero-order valence-corrected chi connectivity index (χ0v) is 17.6. The summed E-state index contributed by atoms with van der Waals surface area (Å²) in [7, 11) is 4.85. The molecule has 0 amide bonds. The maximum absolute atomic E-state index is 12.3. The van der Waals surface area contributed by atoms with Crippen molar-refractivity contribution >= 4 is 35.6 Å². The van der Waals surface area contributed by atoms with Gasteiger partial charge >= 0.3 is 0 Å². The molecule has 1 aliphatic heterocycles. The summed E-state index contributed by atoms with van der Waals surface area (Å²) in [6, 6.07) is 6.02. The van der Waals surface area contributed by atoms with E-state index in [2.05, 4.69) is 20.5 Å². The highest BCUT2D eigenvalue weighted by Crippen LogP contribution is 2.30. The molecule has 1 aliphatic rings. The molecular formula is C17H27F2IN4O2. The standard InChI is InChI=1S/C17H26F2N4O2.HI/c1-20-17(21-11-16(18)19)22-12-4-6-23(7-5-12)13-8-14(24-2)10-15(9-13)25-3;/h8-10,12,16H,4-7,11H2,1-3H3,(H2,20,21,22);1H. The van der Waals surface area contributed by atoms with Crippen LogP contribution in [0.5, 0.6) is 11.5 Å². The maximum atomic E-state index is 12.3. The van der Waals surface area contributed by atoms with Gasteiger partial charge in [0.1, 0.15) is 11.5 Å². The molecule has 0 spiro atoms. The van der Waals surface area contributed by atoms with Gasteiger partial charge in [0, 0.05) is 50.1 Å². The summed E-state index contributed by atoms with van der Waals surface area (Å²) in [5.74, 6) is 1.93. The topological polar surface area (TPSA) is 58.1 Å². The summed E-state index contributed by atoms with van der Waals surface area (Å²) in [5, 5.41) is 5.84. The molecule has 1 aromatic rings. The summed E-state index contributed by atoms with van der Waals surface area (Å²) in [5.41, 5.74) is 1.05. The molecule has 26 heavy (non-hydrogen) atoms. The second-order valence-corrected chi connectivity index (χ2v) is 5.82. The van der Waals surface area contributed by atoms with Crippen molar-refractivity contribution in [1.29, 1.82) is 0 Å². The zero-order chi connectivity index (χ0) is 18.2. The molecule has 148 valence electrons. The molecule has 0 bridgehead atoms. The number of benzene rings is 1. The monoisotopic (exact) mass is 484 g/mol. The average Bonchev–Trinajstić information content (AvgIpc) is 2.64. The van der Waals surface area contributed by atoms with Gasteiger partial charge in [-0.15, -0.1) is 24.0 Å². The lowest BCUT2D eigenvalue weighted by atomic mass is 10.0. The van der Waals surface area contributed by atoms with E-state index >= 15 is 0 Å². The van der Waals surface area contributed by atoms with E-state index in [1.807, 2.05) is 18.2 Å². The van der Waals surface area contributed by atoms with Crippen LogP contribution in [-0.2, 0) is 0 Å². The number of aliphatic imine (C=N–C) groups is 1. The molecule has 9 heteroatoms. The van der Waals surface area contributed by atoms with E-state index in [1.54, 1.807) is 21.3 Å². The number of ether oxygens (including phenoxy) is 2. The van der Waals surface area contributed by atoms with Crippen LogP contribution in [0.25, 0.3) is 0 Å². The molecule has 0 unspecified atom stereocenters. The molecule has 1 aromatic carbocycles. The van der Waals surface area contributed by atoms with Gasteiger partial charge < -0.3 is 25.0 Å². The molecular weight excluding hydrogens is 457 g/mol. The molecule has 0 aliphatic carbocycles. The average molecular weight is 484 g/mol. The number of hydrogen-bond donors (Lipinski definition) is 2. The predicted octanol–water partition coefficient (Wildman–Crippen LogP) is 2.72. The van der Waals surface area contributed by atoms with E-state index < -0.39 is 13.0 Å². The lowest BCUT2D eigenvalue weighted by molar-refractivity contribution is 0.152. The van der Waals surface area contributed by atoms with Crippen LogP contribution < -0.4 is 25.0 Å². The Balaban J connectivity index is 0.00000338. The van der Waals surface area contributed by atoms with Crippen molar-refractivity contribution in [2.75, 3.05) is 45.8 Å². The molecule has 0 saturated carbocycles. The summed E-state index contributed by atoms with van der Waals surface area (Å²) in [4.78, 5) is 6.25. The van der Waals surface area contributed by atoms with E-state index in [4.69, 9.17) is 9.47 Å². The van der Waals surface area contributed by atoms with Crippen molar-refractivity contribution in [2.45, 2.75) is 25.3 Å². The van der Waals surface area contributed by atoms with Crippen molar-refractivity contribution < 1.29 is 18.3 Å². The minimum absolute atomic E-state index is 0. The van der Waals surface area contributed by atoms with Gasteiger partial charge in [0.15, 0.2) is 5.96 Å². The normalized spacial score (nSPS) is 15.5. The van der Waals surface area contributed by atoms with Gasteiger partial charge in [0.2, 0.25) is 0 Å². The molecule has 2 rings (SSSR count). The lowest BCUT2D eigenvalue weighted by Gasteiger charge is -2.34. The van der Waals surface area contributed by atoms with E-state index in [-0.39, 0.29) is 30.0 Å². The van der Waals surface area contributed by atoms with Crippen molar-refractivity contribution in [3.63, 3.8) is 0 Å². The molecule has 1 saturated heterocycles. The van der Waals surface area contributed by atoms with Crippen LogP contribution in [-0.4, -0.2) is 59.3 Å². The Morgan fingerprint density at radius 3 is 2.23 bits per heavy atom. The van der Waals surface area contributed by atoms with Crippen LogP contribution in [0.15, 0.2) is 23.2 Å². The number of anilines is 1. The second kappa shape index (κ2) is 11.2. The van der Waals surface area contributed by atoms with Crippen LogP contribution in [0.2, 0.25) is 0 Å². The van der Waals surface area contributed by atoms with Crippen molar-refractivity contribution in [3.05, 3.63) is 18.2 Å². The third-order valence-corrected chi connectivity index (χ3v) is 4.18. The van der Waals surface area contributed by atoms with E-state index in [0.29, 0.717) is 5.96 Å². The first-order valence-corrected chi connectivity index (χ1v) is 8.29. The Morgan fingerprint density at radius 1 is 1.19 bits per heavy atom. The van der Waals surface area contributed by atoms with Crippen molar-refractivity contribution in [2.24, 2.45) is 4.99 Å². The fourth-order valence-corrected chi connectivity index (χ4v) is 2.82. The largest absolute Gasteiger partial charge is 0.497 e. The molecule has 1 fully saturated rings. The fourth-order valence-electron chi connectivity index (χ4n) is 2.82. The molecule has 0 radical (unpaired) electrons. The highest BCUT2D eigenvalue weighted by molar-refractivity contribution is 14.0. The third-order valence-electron chi connectivity index (χ3n) is 4.18. The Hall–Kier alpha value is -1.52. The van der Waals surface area contributed by atoms with Gasteiger partial charge in [-0.2, -0.15) is 0 Å². The molecule has 1 heterocycles. The summed E-state index contributed by atoms with van der Waals surface area (Å²) in [6.07, 6.45) is -0.632. The fraction of sp³-hybridized carbons (Fsp3) is 0.588. The number of alkyl halides is 2. The van der Waals surface area contributed by atoms with Gasteiger partial charge in [-0.3, -0.25) is 4.99 Å². The first-order chi connectivity index (χ1) is 12.0. The third kappa shape index (κ3) is 6.65. The number of methoxy groups -OCH3 is 2. The number of nitrogens with one attached hydrogen (secondary N) is 2. The van der Waals surface area contributed by atoms with E-state index in [1.165, 1.54) is 0 Å². The van der Waals surface area contributed by atoms with Gasteiger partial charge in [-0.05, 0) is 12.8 Å². The van der Waals surface area contributed by atoms with Crippen LogP contribution >= 0.6 is 24.0 Å². The SMILES string of the molecule is CN=C(NCC(F)F)NC1CCN(c2cc(OC)cc(OC)c2)CC1.I. The Bertz CT molecular complexity index is 560. The van der Waals surface area contributed by atoms with Crippen LogP contribution in [0.1, 0.15) is 12.8 Å². The van der Waals surface area contributed by atoms with Gasteiger partial charge in [-0.25, -0.2) is 8.78 Å². The number of guanidine groups is 1. The first kappa shape index (κ1) is 22.5. The predicted molar refractivity (Wildman–Crippen MR) is 111 cm³/mol. The number of rotatable bonds is 6. The Kier molecular flexibility index (Phi) is 9.74. The number of piperidine rings is 1.